The molecule has 1 aromatic carbocycles. The van der Waals surface area contributed by atoms with Crippen molar-refractivity contribution in [1.29, 1.82) is 0 Å². The normalized spacial score (nSPS) is 13.6. The Bertz CT molecular complexity index is 704. The van der Waals surface area contributed by atoms with E-state index in [0.717, 1.165) is 24.0 Å². The summed E-state index contributed by atoms with van der Waals surface area (Å²) in [6.45, 7) is 1.04. The summed E-state index contributed by atoms with van der Waals surface area (Å²) in [7, 11) is 3.36. The van der Waals surface area contributed by atoms with Gasteiger partial charge in [-0.3, -0.25) is 0 Å². The fourth-order valence-electron chi connectivity index (χ4n) is 2.30. The first-order valence-corrected chi connectivity index (χ1v) is 7.94. The van der Waals surface area contributed by atoms with E-state index in [-0.39, 0.29) is 0 Å². The van der Waals surface area contributed by atoms with E-state index in [1.165, 1.54) is 0 Å². The third-order valence-corrected chi connectivity index (χ3v) is 3.74. The average Bonchev–Trinajstić information content (AvgIpc) is 3.42. The molecule has 7 nitrogen and oxygen atoms in total. The summed E-state index contributed by atoms with van der Waals surface area (Å²) in [5.74, 6) is 2.20. The summed E-state index contributed by atoms with van der Waals surface area (Å²) in [6.07, 6.45) is 4.42. The lowest BCUT2D eigenvalue weighted by molar-refractivity contribution is 0.0872. The topological polar surface area (TPSA) is 91.5 Å². The summed E-state index contributed by atoms with van der Waals surface area (Å²) < 4.78 is 16.8. The van der Waals surface area contributed by atoms with Crippen LogP contribution in [0.25, 0.3) is 11.1 Å². The number of nitrogens with two attached hydrogens (primary N) is 1. The Morgan fingerprint density at radius 2 is 2.08 bits per heavy atom. The molecule has 1 heterocycles. The molecule has 0 saturated heterocycles. The van der Waals surface area contributed by atoms with Crippen molar-refractivity contribution in [3.8, 4) is 22.6 Å². The SMILES string of the molecule is CNc1ncc(-c2ccc(OC)c(OCCOC3CC3)c2)c(N)n1. The third kappa shape index (κ3) is 3.86. The molecule has 1 aliphatic rings. The smallest absolute Gasteiger partial charge is 0.224 e. The van der Waals surface area contributed by atoms with Gasteiger partial charge in [0, 0.05) is 18.8 Å². The molecular formula is C17H22N4O3. The van der Waals surface area contributed by atoms with Gasteiger partial charge in [-0.15, -0.1) is 0 Å². The van der Waals surface area contributed by atoms with Gasteiger partial charge in [0.25, 0.3) is 0 Å². The quantitative estimate of drug-likeness (QED) is 0.718. The van der Waals surface area contributed by atoms with Gasteiger partial charge >= 0.3 is 0 Å². The number of nitrogens with zero attached hydrogens (tertiary/aromatic N) is 2. The number of ether oxygens (including phenoxy) is 3. The van der Waals surface area contributed by atoms with E-state index in [4.69, 9.17) is 19.9 Å². The lowest BCUT2D eigenvalue weighted by atomic mass is 10.1. The molecular weight excluding hydrogens is 308 g/mol. The molecule has 0 radical (unpaired) electrons. The van der Waals surface area contributed by atoms with Crippen molar-refractivity contribution in [1.82, 2.24) is 9.97 Å². The monoisotopic (exact) mass is 330 g/mol. The Hall–Kier alpha value is -2.54. The number of methoxy groups -OCH3 is 1. The van der Waals surface area contributed by atoms with Gasteiger partial charge in [0.15, 0.2) is 11.5 Å². The van der Waals surface area contributed by atoms with Gasteiger partial charge in [-0.2, -0.15) is 4.98 Å². The van der Waals surface area contributed by atoms with Crippen molar-refractivity contribution in [2.45, 2.75) is 18.9 Å². The predicted molar refractivity (Wildman–Crippen MR) is 92.4 cm³/mol. The second-order valence-electron chi connectivity index (χ2n) is 5.53. The first-order valence-electron chi connectivity index (χ1n) is 7.94. The van der Waals surface area contributed by atoms with Crippen molar-refractivity contribution in [3.05, 3.63) is 24.4 Å². The molecule has 1 aromatic heterocycles. The highest BCUT2D eigenvalue weighted by atomic mass is 16.5. The maximum absolute atomic E-state index is 6.03. The van der Waals surface area contributed by atoms with Crippen molar-refractivity contribution in [2.24, 2.45) is 0 Å². The van der Waals surface area contributed by atoms with E-state index in [2.05, 4.69) is 15.3 Å². The highest BCUT2D eigenvalue weighted by molar-refractivity contribution is 5.75. The molecule has 0 spiro atoms. The molecule has 3 rings (SSSR count). The molecule has 1 saturated carbocycles. The highest BCUT2D eigenvalue weighted by Crippen LogP contribution is 2.34. The fraction of sp³-hybridized carbons (Fsp3) is 0.412. The second kappa shape index (κ2) is 7.35. The fourth-order valence-corrected chi connectivity index (χ4v) is 2.30. The van der Waals surface area contributed by atoms with Gasteiger partial charge in [-0.25, -0.2) is 4.98 Å². The average molecular weight is 330 g/mol. The standard InChI is InChI=1S/C17H22N4O3/c1-19-17-20-10-13(16(18)21-17)11-3-6-14(22-2)15(9-11)24-8-7-23-12-4-5-12/h3,6,9-10,12H,4-5,7-8H2,1-2H3,(H3,18,19,20,21). The number of hydrogen-bond donors (Lipinski definition) is 2. The maximum atomic E-state index is 6.03. The zero-order valence-corrected chi connectivity index (χ0v) is 13.9. The molecule has 3 N–H and O–H groups in total. The van der Waals surface area contributed by atoms with Gasteiger partial charge in [-0.05, 0) is 30.5 Å². The summed E-state index contributed by atoms with van der Waals surface area (Å²) in [4.78, 5) is 8.42. The minimum absolute atomic E-state index is 0.405. The Morgan fingerprint density at radius 3 is 2.75 bits per heavy atom. The predicted octanol–water partition coefficient (Wildman–Crippen LogP) is 2.33. The van der Waals surface area contributed by atoms with Crippen LogP contribution < -0.4 is 20.5 Å². The number of nitrogens with one attached hydrogen (secondary N) is 1. The second-order valence-corrected chi connectivity index (χ2v) is 5.53. The number of nitrogen functional groups attached to an aromatic ring is 1. The van der Waals surface area contributed by atoms with Gasteiger partial charge in [-0.1, -0.05) is 6.07 Å². The van der Waals surface area contributed by atoms with Crippen molar-refractivity contribution < 1.29 is 14.2 Å². The number of hydrogen-bond acceptors (Lipinski definition) is 7. The van der Waals surface area contributed by atoms with Crippen LogP contribution in [0, 0.1) is 0 Å². The number of anilines is 2. The van der Waals surface area contributed by atoms with Crippen LogP contribution in [0.1, 0.15) is 12.8 Å². The number of aromatic nitrogens is 2. The summed E-state index contributed by atoms with van der Waals surface area (Å²) in [5.41, 5.74) is 7.64. The van der Waals surface area contributed by atoms with E-state index >= 15 is 0 Å². The lowest BCUT2D eigenvalue weighted by Gasteiger charge is -2.13. The van der Waals surface area contributed by atoms with Crippen molar-refractivity contribution >= 4 is 11.8 Å². The van der Waals surface area contributed by atoms with E-state index in [9.17, 15) is 0 Å². The van der Waals surface area contributed by atoms with Crippen LogP contribution in [-0.2, 0) is 4.74 Å². The van der Waals surface area contributed by atoms with E-state index in [0.29, 0.717) is 42.6 Å². The van der Waals surface area contributed by atoms with E-state index in [1.54, 1.807) is 20.4 Å². The van der Waals surface area contributed by atoms with Crippen LogP contribution in [-0.4, -0.2) is 43.4 Å². The molecule has 1 fully saturated rings. The first-order chi connectivity index (χ1) is 11.7. The van der Waals surface area contributed by atoms with E-state index < -0.39 is 0 Å². The zero-order valence-electron chi connectivity index (χ0n) is 13.9. The molecule has 0 atom stereocenters. The number of benzene rings is 1. The van der Waals surface area contributed by atoms with Crippen molar-refractivity contribution in [2.75, 3.05) is 38.4 Å². The molecule has 2 aromatic rings. The summed E-state index contributed by atoms with van der Waals surface area (Å²) in [5, 5.41) is 2.86. The molecule has 24 heavy (non-hydrogen) atoms. The van der Waals surface area contributed by atoms with Crippen LogP contribution in [0.2, 0.25) is 0 Å². The Balaban J connectivity index is 1.76. The minimum Gasteiger partial charge on any atom is -0.493 e. The van der Waals surface area contributed by atoms with Crippen LogP contribution in [0.5, 0.6) is 11.5 Å². The molecule has 1 aliphatic carbocycles. The largest absolute Gasteiger partial charge is 0.493 e. The molecule has 0 bridgehead atoms. The molecule has 0 aliphatic heterocycles. The minimum atomic E-state index is 0.405. The lowest BCUT2D eigenvalue weighted by Crippen LogP contribution is -2.08. The highest BCUT2D eigenvalue weighted by Gasteiger charge is 2.21. The molecule has 0 unspecified atom stereocenters. The Kier molecular flexibility index (Phi) is 5.00. The van der Waals surface area contributed by atoms with Gasteiger partial charge in [0.05, 0.1) is 19.8 Å². The molecule has 0 amide bonds. The zero-order chi connectivity index (χ0) is 16.9. The Labute approximate surface area is 141 Å². The van der Waals surface area contributed by atoms with Crippen LogP contribution in [0.15, 0.2) is 24.4 Å². The third-order valence-electron chi connectivity index (χ3n) is 3.74. The van der Waals surface area contributed by atoms with Crippen LogP contribution in [0.3, 0.4) is 0 Å². The first kappa shape index (κ1) is 16.3. The molecule has 7 heteroatoms. The van der Waals surface area contributed by atoms with E-state index in [1.807, 2.05) is 18.2 Å². The maximum Gasteiger partial charge on any atom is 0.224 e. The van der Waals surface area contributed by atoms with Crippen LogP contribution in [0.4, 0.5) is 11.8 Å². The van der Waals surface area contributed by atoms with Gasteiger partial charge < -0.3 is 25.3 Å². The van der Waals surface area contributed by atoms with Crippen LogP contribution >= 0.6 is 0 Å². The Morgan fingerprint density at radius 1 is 1.25 bits per heavy atom. The van der Waals surface area contributed by atoms with Crippen molar-refractivity contribution in [3.63, 3.8) is 0 Å². The number of rotatable bonds is 8. The summed E-state index contributed by atoms with van der Waals surface area (Å²) in [6, 6.07) is 5.63. The van der Waals surface area contributed by atoms with Gasteiger partial charge in [0.2, 0.25) is 5.95 Å². The summed E-state index contributed by atoms with van der Waals surface area (Å²) >= 11 is 0. The van der Waals surface area contributed by atoms with Gasteiger partial charge in [0.1, 0.15) is 12.4 Å². The molecule has 128 valence electrons.